The number of carbonyl (C=O) groups excluding carboxylic acids is 1. The molecule has 1 aromatic heterocycles. The van der Waals surface area contributed by atoms with Gasteiger partial charge in [-0.1, -0.05) is 0 Å². The van der Waals surface area contributed by atoms with Crippen molar-refractivity contribution in [3.63, 3.8) is 0 Å². The molecule has 2 saturated heterocycles. The van der Waals surface area contributed by atoms with E-state index in [1.54, 1.807) is 17.0 Å². The van der Waals surface area contributed by atoms with E-state index in [4.69, 9.17) is 4.74 Å². The summed E-state index contributed by atoms with van der Waals surface area (Å²) in [5, 5.41) is 18.1. The number of benzene rings is 1. The molecule has 0 unspecified atom stereocenters. The first-order valence-electron chi connectivity index (χ1n) is 9.49. The average molecular weight is 512 g/mol. The second-order valence-corrected chi connectivity index (χ2v) is 8.73. The van der Waals surface area contributed by atoms with Crippen LogP contribution in [0.4, 0.5) is 15.8 Å². The van der Waals surface area contributed by atoms with E-state index >= 15 is 0 Å². The number of anilines is 2. The summed E-state index contributed by atoms with van der Waals surface area (Å²) in [6.07, 6.45) is 3.45. The van der Waals surface area contributed by atoms with Gasteiger partial charge < -0.3 is 25.5 Å². The number of carbonyl (C=O) groups is 1. The Kier molecular flexibility index (Phi) is 5.63. The molecule has 0 aliphatic carbocycles. The van der Waals surface area contributed by atoms with E-state index in [0.717, 1.165) is 16.5 Å². The molecule has 1 atom stereocenters. The van der Waals surface area contributed by atoms with Crippen LogP contribution in [0.2, 0.25) is 0 Å². The highest BCUT2D eigenvalue weighted by molar-refractivity contribution is 14.1. The molecule has 2 N–H and O–H groups in total. The molecular formula is C20H22FIN4O3. The molecule has 0 bridgehead atoms. The van der Waals surface area contributed by atoms with Crippen LogP contribution in [0.1, 0.15) is 23.7 Å². The molecule has 154 valence electrons. The van der Waals surface area contributed by atoms with E-state index in [9.17, 15) is 14.4 Å². The molecule has 3 heterocycles. The molecule has 2 fully saturated rings. The van der Waals surface area contributed by atoms with E-state index in [2.05, 4.69) is 17.6 Å². The number of hydrogen-bond acceptors (Lipinski definition) is 5. The fourth-order valence-corrected chi connectivity index (χ4v) is 4.21. The maximum Gasteiger partial charge on any atom is 0.256 e. The van der Waals surface area contributed by atoms with Crippen molar-refractivity contribution in [1.82, 2.24) is 10.2 Å². The summed E-state index contributed by atoms with van der Waals surface area (Å²) < 4.78 is 21.6. The molecule has 29 heavy (non-hydrogen) atoms. The number of nitrogens with one attached hydrogen (secondary N) is 2. The molecule has 1 aromatic carbocycles. The topological polar surface area (TPSA) is 80.5 Å². The highest BCUT2D eigenvalue weighted by atomic mass is 127. The zero-order chi connectivity index (χ0) is 20.6. The van der Waals surface area contributed by atoms with Crippen LogP contribution >= 0.6 is 22.6 Å². The number of rotatable bonds is 3. The van der Waals surface area contributed by atoms with E-state index < -0.39 is 5.82 Å². The number of aromatic nitrogens is 1. The zero-order valence-electron chi connectivity index (χ0n) is 16.0. The molecule has 1 amide bonds. The quantitative estimate of drug-likeness (QED) is 0.375. The summed E-state index contributed by atoms with van der Waals surface area (Å²) in [7, 11) is 0. The summed E-state index contributed by atoms with van der Waals surface area (Å²) in [5.74, 6) is -0.670. The van der Waals surface area contributed by atoms with Gasteiger partial charge in [0.15, 0.2) is 6.20 Å². The van der Waals surface area contributed by atoms with Crippen molar-refractivity contribution in [2.75, 3.05) is 31.6 Å². The third-order valence-electron chi connectivity index (χ3n) is 5.52. The fraction of sp³-hybridized carbons (Fsp3) is 0.400. The average Bonchev–Trinajstić information content (AvgIpc) is 2.84. The smallest absolute Gasteiger partial charge is 0.256 e. The Labute approximate surface area is 182 Å². The third kappa shape index (κ3) is 4.03. The van der Waals surface area contributed by atoms with Gasteiger partial charge in [0, 0.05) is 22.3 Å². The lowest BCUT2D eigenvalue weighted by Gasteiger charge is -2.52. The van der Waals surface area contributed by atoms with Crippen molar-refractivity contribution < 1.29 is 18.7 Å². The Bertz CT molecular complexity index is 936. The number of ether oxygens (including phenoxy) is 1. The van der Waals surface area contributed by atoms with Crippen LogP contribution in [0, 0.1) is 14.6 Å². The minimum absolute atomic E-state index is 0.145. The molecule has 0 saturated carbocycles. The van der Waals surface area contributed by atoms with Gasteiger partial charge in [-0.05, 0) is 60.7 Å². The molecule has 2 aliphatic heterocycles. The van der Waals surface area contributed by atoms with Gasteiger partial charge in [0.1, 0.15) is 17.1 Å². The third-order valence-corrected chi connectivity index (χ3v) is 6.19. The van der Waals surface area contributed by atoms with Gasteiger partial charge in [0.25, 0.3) is 5.91 Å². The van der Waals surface area contributed by atoms with Crippen LogP contribution < -0.4 is 15.4 Å². The second-order valence-electron chi connectivity index (χ2n) is 7.49. The van der Waals surface area contributed by atoms with Crippen molar-refractivity contribution in [2.45, 2.75) is 25.0 Å². The van der Waals surface area contributed by atoms with E-state index in [1.165, 1.54) is 24.5 Å². The monoisotopic (exact) mass is 512 g/mol. The predicted octanol–water partition coefficient (Wildman–Crippen LogP) is 2.40. The minimum Gasteiger partial charge on any atom is -0.619 e. The molecule has 9 heteroatoms. The van der Waals surface area contributed by atoms with E-state index in [0.29, 0.717) is 30.0 Å². The van der Waals surface area contributed by atoms with Crippen LogP contribution in [0.15, 0.2) is 36.7 Å². The van der Waals surface area contributed by atoms with Crippen LogP contribution in [-0.4, -0.2) is 48.7 Å². The molecule has 1 spiro atoms. The normalized spacial score (nSPS) is 20.8. The van der Waals surface area contributed by atoms with Crippen LogP contribution in [0.5, 0.6) is 0 Å². The molecular weight excluding hydrogens is 490 g/mol. The first-order chi connectivity index (χ1) is 13.9. The lowest BCUT2D eigenvalue weighted by Crippen LogP contribution is -2.71. The Morgan fingerprint density at radius 1 is 1.41 bits per heavy atom. The predicted molar refractivity (Wildman–Crippen MR) is 114 cm³/mol. The number of halogens is 2. The first kappa shape index (κ1) is 20.3. The highest BCUT2D eigenvalue weighted by Gasteiger charge is 2.51. The summed E-state index contributed by atoms with van der Waals surface area (Å²) >= 11 is 2.02. The first-order valence-corrected chi connectivity index (χ1v) is 10.6. The van der Waals surface area contributed by atoms with Gasteiger partial charge in [0.2, 0.25) is 6.20 Å². The minimum atomic E-state index is -0.453. The van der Waals surface area contributed by atoms with Crippen molar-refractivity contribution in [2.24, 2.45) is 0 Å². The molecule has 0 radical (unpaired) electrons. The van der Waals surface area contributed by atoms with E-state index in [1.807, 2.05) is 22.6 Å². The lowest BCUT2D eigenvalue weighted by atomic mass is 9.86. The summed E-state index contributed by atoms with van der Waals surface area (Å²) in [6, 6.07) is 6.32. The lowest BCUT2D eigenvalue weighted by molar-refractivity contribution is -0.604. The molecule has 4 rings (SSSR count). The van der Waals surface area contributed by atoms with Gasteiger partial charge in [-0.15, -0.1) is 0 Å². The van der Waals surface area contributed by atoms with Crippen LogP contribution in [0.3, 0.4) is 0 Å². The van der Waals surface area contributed by atoms with Crippen molar-refractivity contribution in [3.8, 4) is 0 Å². The zero-order valence-corrected chi connectivity index (χ0v) is 18.1. The summed E-state index contributed by atoms with van der Waals surface area (Å²) in [6.45, 7) is 4.59. The Morgan fingerprint density at radius 3 is 2.97 bits per heavy atom. The van der Waals surface area contributed by atoms with Gasteiger partial charge in [-0.2, -0.15) is 4.73 Å². The molecule has 2 aliphatic rings. The van der Waals surface area contributed by atoms with Gasteiger partial charge >= 0.3 is 0 Å². The number of nitrogens with zero attached hydrogens (tertiary/aromatic N) is 2. The maximum atomic E-state index is 14.3. The van der Waals surface area contributed by atoms with Crippen molar-refractivity contribution in [3.05, 3.63) is 56.8 Å². The summed E-state index contributed by atoms with van der Waals surface area (Å²) in [5.41, 5.74) is 0.408. The number of hydrogen-bond donors (Lipinski definition) is 2. The van der Waals surface area contributed by atoms with Gasteiger partial charge in [-0.3, -0.25) is 4.79 Å². The second kappa shape index (κ2) is 8.04. The van der Waals surface area contributed by atoms with Gasteiger partial charge in [-0.25, -0.2) is 4.39 Å². The molecule has 2 aromatic rings. The molecule has 7 nitrogen and oxygen atoms in total. The fourth-order valence-electron chi connectivity index (χ4n) is 3.76. The summed E-state index contributed by atoms with van der Waals surface area (Å²) in [4.78, 5) is 14.8. The standard InChI is InChI=1S/C20H22FIN4O3/c1-13-20(29-8-2-6-23-13)11-25(12-20)19(27)15-5-7-26(28)10-18(15)24-17-4-3-14(22)9-16(17)21/h3-5,7,9-10,13,23-24H,2,6,8,11-12H2,1H3/t13-/m0/s1. The SMILES string of the molecule is C[C@@H]1NCCCOC12CN(C(=O)c1cc[n+]([O-])cc1Nc1ccc(I)cc1F)C2. The maximum absolute atomic E-state index is 14.3. The largest absolute Gasteiger partial charge is 0.619 e. The Morgan fingerprint density at radius 2 is 2.21 bits per heavy atom. The Hall–Kier alpha value is -1.98. The van der Waals surface area contributed by atoms with E-state index in [-0.39, 0.29) is 28.9 Å². The Balaban J connectivity index is 1.55. The van der Waals surface area contributed by atoms with Gasteiger partial charge in [0.05, 0.1) is 24.3 Å². The van der Waals surface area contributed by atoms with Crippen molar-refractivity contribution >= 4 is 39.9 Å². The van der Waals surface area contributed by atoms with Crippen LogP contribution in [0.25, 0.3) is 0 Å². The number of pyridine rings is 1. The van der Waals surface area contributed by atoms with Crippen LogP contribution in [-0.2, 0) is 4.74 Å². The highest BCUT2D eigenvalue weighted by Crippen LogP contribution is 2.33. The number of amides is 1. The van der Waals surface area contributed by atoms with Crippen molar-refractivity contribution in [1.29, 1.82) is 0 Å². The number of likely N-dealkylation sites (tertiary alicyclic amines) is 1.